The highest BCUT2D eigenvalue weighted by Crippen LogP contribution is 2.15. The first kappa shape index (κ1) is 11.5. The van der Waals surface area contributed by atoms with Gasteiger partial charge in [-0.15, -0.1) is 0 Å². The van der Waals surface area contributed by atoms with E-state index in [0.29, 0.717) is 6.04 Å². The second-order valence-electron chi connectivity index (χ2n) is 4.85. The summed E-state index contributed by atoms with van der Waals surface area (Å²) >= 11 is 0. The maximum absolute atomic E-state index is 4.22. The molecule has 1 aliphatic heterocycles. The van der Waals surface area contributed by atoms with Gasteiger partial charge in [-0.25, -0.2) is 4.98 Å². The average molecular weight is 245 g/mol. The van der Waals surface area contributed by atoms with Crippen LogP contribution in [0.3, 0.4) is 0 Å². The molecule has 1 saturated heterocycles. The van der Waals surface area contributed by atoms with Crippen LogP contribution in [0.2, 0.25) is 0 Å². The summed E-state index contributed by atoms with van der Waals surface area (Å²) in [4.78, 5) is 9.75. The van der Waals surface area contributed by atoms with Crippen LogP contribution in [0, 0.1) is 0 Å². The third kappa shape index (κ3) is 2.32. The summed E-state index contributed by atoms with van der Waals surface area (Å²) in [7, 11) is 2.19. The number of hydrogen-bond acceptors (Lipinski definition) is 4. The topological polar surface area (TPSA) is 56.0 Å². The largest absolute Gasteiger partial charge is 0.383 e. The van der Waals surface area contributed by atoms with Crippen molar-refractivity contribution in [1.82, 2.24) is 20.2 Å². The van der Waals surface area contributed by atoms with Gasteiger partial charge in [-0.05, 0) is 25.2 Å². The molecule has 5 heteroatoms. The fraction of sp³-hybridized carbons (Fsp3) is 0.462. The Kier molecular flexibility index (Phi) is 3.17. The number of hydrogen-bond donors (Lipinski definition) is 3. The highest BCUT2D eigenvalue weighted by atomic mass is 15.2. The number of nitrogens with one attached hydrogen (secondary N) is 3. The Hall–Kier alpha value is -1.59. The number of aromatic amines is 1. The monoisotopic (exact) mass is 245 g/mol. The van der Waals surface area contributed by atoms with Crippen molar-refractivity contribution in [3.05, 3.63) is 24.5 Å². The van der Waals surface area contributed by atoms with Crippen molar-refractivity contribution in [1.29, 1.82) is 0 Å². The van der Waals surface area contributed by atoms with Crippen LogP contribution in [0.15, 0.2) is 24.5 Å². The zero-order valence-corrected chi connectivity index (χ0v) is 10.6. The molecule has 18 heavy (non-hydrogen) atoms. The summed E-state index contributed by atoms with van der Waals surface area (Å²) in [6, 6.07) is 6.78. The molecule has 1 atom stereocenters. The second kappa shape index (κ2) is 4.96. The van der Waals surface area contributed by atoms with Gasteiger partial charge in [0.1, 0.15) is 0 Å². The van der Waals surface area contributed by atoms with E-state index in [-0.39, 0.29) is 0 Å². The Morgan fingerprint density at radius 2 is 2.44 bits per heavy atom. The lowest BCUT2D eigenvalue weighted by atomic mass is 10.2. The van der Waals surface area contributed by atoms with E-state index in [0.717, 1.165) is 42.9 Å². The quantitative estimate of drug-likeness (QED) is 0.751. The minimum atomic E-state index is 0.552. The van der Waals surface area contributed by atoms with Crippen molar-refractivity contribution in [3.8, 4) is 0 Å². The lowest BCUT2D eigenvalue weighted by Crippen LogP contribution is -2.52. The summed E-state index contributed by atoms with van der Waals surface area (Å²) in [5.74, 6) is 0. The van der Waals surface area contributed by atoms with E-state index in [1.807, 2.05) is 6.07 Å². The molecule has 1 aliphatic rings. The van der Waals surface area contributed by atoms with E-state index in [1.54, 1.807) is 6.33 Å². The van der Waals surface area contributed by atoms with Crippen molar-refractivity contribution in [2.45, 2.75) is 6.04 Å². The Labute approximate surface area is 107 Å². The Morgan fingerprint density at radius 1 is 1.50 bits per heavy atom. The van der Waals surface area contributed by atoms with Gasteiger partial charge in [-0.3, -0.25) is 4.90 Å². The molecule has 3 N–H and O–H groups in total. The molecule has 5 nitrogen and oxygen atoms in total. The summed E-state index contributed by atoms with van der Waals surface area (Å²) in [6.07, 6.45) is 1.73. The van der Waals surface area contributed by atoms with E-state index < -0.39 is 0 Å². The van der Waals surface area contributed by atoms with Crippen molar-refractivity contribution in [3.63, 3.8) is 0 Å². The van der Waals surface area contributed by atoms with Crippen molar-refractivity contribution in [2.75, 3.05) is 38.5 Å². The molecule has 0 saturated carbocycles. The van der Waals surface area contributed by atoms with Crippen molar-refractivity contribution < 1.29 is 0 Å². The van der Waals surface area contributed by atoms with Gasteiger partial charge in [0, 0.05) is 37.9 Å². The molecule has 0 bridgehead atoms. The summed E-state index contributed by atoms with van der Waals surface area (Å²) in [6.45, 7) is 4.22. The van der Waals surface area contributed by atoms with Gasteiger partial charge < -0.3 is 15.6 Å². The van der Waals surface area contributed by atoms with Gasteiger partial charge in [-0.2, -0.15) is 0 Å². The lowest BCUT2D eigenvalue weighted by molar-refractivity contribution is 0.209. The molecular weight excluding hydrogens is 226 g/mol. The number of aromatic nitrogens is 2. The van der Waals surface area contributed by atoms with Crippen molar-refractivity contribution in [2.24, 2.45) is 0 Å². The van der Waals surface area contributed by atoms with Crippen molar-refractivity contribution >= 4 is 16.7 Å². The van der Waals surface area contributed by atoms with E-state index in [9.17, 15) is 0 Å². The molecule has 1 aromatic carbocycles. The Balaban J connectivity index is 1.65. The molecule has 3 rings (SSSR count). The molecule has 2 aromatic rings. The van der Waals surface area contributed by atoms with Gasteiger partial charge in [0.15, 0.2) is 0 Å². The molecule has 1 unspecified atom stereocenters. The molecule has 0 aliphatic carbocycles. The molecular formula is C13H19N5. The predicted octanol–water partition coefficient (Wildman–Crippen LogP) is 0.878. The first-order valence-electron chi connectivity index (χ1n) is 6.41. The summed E-state index contributed by atoms with van der Waals surface area (Å²) < 4.78 is 0. The highest BCUT2D eigenvalue weighted by molar-refractivity contribution is 5.78. The molecule has 2 heterocycles. The molecule has 1 fully saturated rings. The van der Waals surface area contributed by atoms with Gasteiger partial charge in [0.05, 0.1) is 17.4 Å². The number of H-pyrrole nitrogens is 1. The number of nitrogens with zero attached hydrogens (tertiary/aromatic N) is 2. The Bertz CT molecular complexity index is 521. The second-order valence-corrected chi connectivity index (χ2v) is 4.85. The third-order valence-electron chi connectivity index (χ3n) is 3.61. The molecule has 0 radical (unpaired) electrons. The summed E-state index contributed by atoms with van der Waals surface area (Å²) in [5.41, 5.74) is 3.23. The zero-order chi connectivity index (χ0) is 12.4. The number of rotatable bonds is 3. The van der Waals surface area contributed by atoms with E-state index in [2.05, 4.69) is 44.7 Å². The fourth-order valence-corrected chi connectivity index (χ4v) is 2.37. The maximum Gasteiger partial charge on any atom is 0.0931 e. The minimum Gasteiger partial charge on any atom is -0.383 e. The molecule has 0 amide bonds. The summed E-state index contributed by atoms with van der Waals surface area (Å²) in [5, 5.41) is 6.93. The zero-order valence-electron chi connectivity index (χ0n) is 10.6. The van der Waals surface area contributed by atoms with E-state index in [1.165, 1.54) is 0 Å². The van der Waals surface area contributed by atoms with Crippen LogP contribution in [-0.2, 0) is 0 Å². The lowest BCUT2D eigenvalue weighted by Gasteiger charge is -2.33. The van der Waals surface area contributed by atoms with Crippen LogP contribution >= 0.6 is 0 Å². The molecule has 0 spiro atoms. The first-order chi connectivity index (χ1) is 8.83. The van der Waals surface area contributed by atoms with Crippen LogP contribution in [0.5, 0.6) is 0 Å². The average Bonchev–Trinajstić information content (AvgIpc) is 2.85. The minimum absolute atomic E-state index is 0.552. The smallest absolute Gasteiger partial charge is 0.0931 e. The number of anilines is 1. The van der Waals surface area contributed by atoms with Crippen LogP contribution in [0.4, 0.5) is 5.69 Å². The van der Waals surface area contributed by atoms with Crippen LogP contribution in [0.1, 0.15) is 0 Å². The SMILES string of the molecule is CN1CCNCC1CNc1ccc2nc[nH]c2c1. The molecule has 96 valence electrons. The first-order valence-corrected chi connectivity index (χ1v) is 6.41. The van der Waals surface area contributed by atoms with Crippen LogP contribution < -0.4 is 10.6 Å². The Morgan fingerprint density at radius 3 is 3.33 bits per heavy atom. The highest BCUT2D eigenvalue weighted by Gasteiger charge is 2.17. The number of fused-ring (bicyclic) bond motifs is 1. The van der Waals surface area contributed by atoms with Gasteiger partial charge in [0.25, 0.3) is 0 Å². The number of imidazole rings is 1. The predicted molar refractivity (Wildman–Crippen MR) is 73.9 cm³/mol. The number of piperazine rings is 1. The van der Waals surface area contributed by atoms with Crippen LogP contribution in [-0.4, -0.2) is 54.1 Å². The van der Waals surface area contributed by atoms with Gasteiger partial charge in [-0.1, -0.05) is 0 Å². The molecule has 1 aromatic heterocycles. The third-order valence-corrected chi connectivity index (χ3v) is 3.61. The van der Waals surface area contributed by atoms with Crippen LogP contribution in [0.25, 0.3) is 11.0 Å². The maximum atomic E-state index is 4.22. The standard InChI is InChI=1S/C13H19N5/c1-18-5-4-14-7-11(18)8-15-10-2-3-12-13(6-10)17-9-16-12/h2-3,6,9,11,14-15H,4-5,7-8H2,1H3,(H,16,17). The number of benzene rings is 1. The van der Waals surface area contributed by atoms with Gasteiger partial charge >= 0.3 is 0 Å². The number of likely N-dealkylation sites (N-methyl/N-ethyl adjacent to an activating group) is 1. The van der Waals surface area contributed by atoms with E-state index >= 15 is 0 Å². The normalized spacial score (nSPS) is 21.3. The van der Waals surface area contributed by atoms with E-state index in [4.69, 9.17) is 0 Å². The fourth-order valence-electron chi connectivity index (χ4n) is 2.37. The van der Waals surface area contributed by atoms with Gasteiger partial charge in [0.2, 0.25) is 0 Å².